The number of hydrogen-bond acceptors (Lipinski definition) is 0. The van der Waals surface area contributed by atoms with Crippen LogP contribution in [0.3, 0.4) is 0 Å². The maximum Gasteiger partial charge on any atom is 1.00 e. The predicted octanol–water partition coefficient (Wildman–Crippen LogP) is -2.48. The van der Waals surface area contributed by atoms with Crippen LogP contribution in [0, 0.1) is 0 Å². The van der Waals surface area contributed by atoms with Crippen molar-refractivity contribution in [3.63, 3.8) is 0 Å². The Kier molecular flexibility index (Phi) is 6.79. The molecule has 0 aliphatic heterocycles. The summed E-state index contributed by atoms with van der Waals surface area (Å²) in [5.74, 6) is 0. The van der Waals surface area contributed by atoms with Crippen molar-refractivity contribution in [2.45, 2.75) is 0 Å². The SMILES string of the molecule is C[NH2+]c1ccccc1.[Cs+]. The fourth-order valence-electron chi connectivity index (χ4n) is 0.645. The summed E-state index contributed by atoms with van der Waals surface area (Å²) >= 11 is 0. The summed E-state index contributed by atoms with van der Waals surface area (Å²) < 4.78 is 0. The third-order valence-corrected chi connectivity index (χ3v) is 1.13. The minimum Gasteiger partial charge on any atom is -0.316 e. The van der Waals surface area contributed by atoms with Gasteiger partial charge in [0.15, 0.2) is 0 Å². The quantitative estimate of drug-likeness (QED) is 0.524. The summed E-state index contributed by atoms with van der Waals surface area (Å²) in [5.41, 5.74) is 1.28. The van der Waals surface area contributed by atoms with Gasteiger partial charge in [-0.2, -0.15) is 0 Å². The van der Waals surface area contributed by atoms with Crippen molar-refractivity contribution >= 4 is 5.69 Å². The molecule has 0 radical (unpaired) electrons. The van der Waals surface area contributed by atoms with Crippen molar-refractivity contribution in [2.75, 3.05) is 7.05 Å². The molecule has 9 heavy (non-hydrogen) atoms. The van der Waals surface area contributed by atoms with E-state index in [0.29, 0.717) is 0 Å². The van der Waals surface area contributed by atoms with Crippen molar-refractivity contribution in [3.05, 3.63) is 30.3 Å². The van der Waals surface area contributed by atoms with Gasteiger partial charge in [0.2, 0.25) is 0 Å². The molecule has 0 unspecified atom stereocenters. The van der Waals surface area contributed by atoms with E-state index in [0.717, 1.165) is 0 Å². The normalized spacial score (nSPS) is 8.11. The Labute approximate surface area is 115 Å². The van der Waals surface area contributed by atoms with Crippen LogP contribution in [0.25, 0.3) is 0 Å². The first-order chi connectivity index (χ1) is 3.93. The molecular formula is C7H10CsN+2. The summed E-state index contributed by atoms with van der Waals surface area (Å²) in [6.45, 7) is 0. The zero-order valence-corrected chi connectivity index (χ0v) is 12.2. The van der Waals surface area contributed by atoms with E-state index in [1.807, 2.05) is 25.2 Å². The van der Waals surface area contributed by atoms with Crippen LogP contribution < -0.4 is 74.2 Å². The number of benzene rings is 1. The van der Waals surface area contributed by atoms with E-state index in [2.05, 4.69) is 17.4 Å². The molecule has 1 aromatic rings. The van der Waals surface area contributed by atoms with Gasteiger partial charge >= 0.3 is 68.9 Å². The minimum atomic E-state index is 0. The molecule has 0 aliphatic rings. The molecule has 0 saturated heterocycles. The van der Waals surface area contributed by atoms with Crippen LogP contribution in [0.1, 0.15) is 0 Å². The van der Waals surface area contributed by atoms with E-state index in [-0.39, 0.29) is 68.9 Å². The average molecular weight is 241 g/mol. The van der Waals surface area contributed by atoms with Crippen molar-refractivity contribution < 1.29 is 74.2 Å². The number of hydrogen-bond donors (Lipinski definition) is 1. The Balaban J connectivity index is 0.000000640. The summed E-state index contributed by atoms with van der Waals surface area (Å²) in [4.78, 5) is 0. The molecule has 42 valence electrons. The van der Waals surface area contributed by atoms with Crippen LogP contribution in [-0.2, 0) is 0 Å². The first-order valence-electron chi connectivity index (χ1n) is 2.78. The molecule has 0 amide bonds. The second-order valence-corrected chi connectivity index (χ2v) is 1.70. The molecule has 0 fully saturated rings. The van der Waals surface area contributed by atoms with E-state index >= 15 is 0 Å². The summed E-state index contributed by atoms with van der Waals surface area (Å²) in [6.07, 6.45) is 0. The summed E-state index contributed by atoms with van der Waals surface area (Å²) in [6, 6.07) is 10.3. The van der Waals surface area contributed by atoms with E-state index in [4.69, 9.17) is 0 Å². The van der Waals surface area contributed by atoms with Crippen molar-refractivity contribution in [2.24, 2.45) is 0 Å². The van der Waals surface area contributed by atoms with Crippen LogP contribution in [0.2, 0.25) is 0 Å². The molecule has 1 aromatic carbocycles. The first kappa shape index (κ1) is 10.2. The number of nitrogens with two attached hydrogens (primary N) is 1. The molecule has 0 saturated carbocycles. The molecule has 1 rings (SSSR count). The van der Waals surface area contributed by atoms with Crippen LogP contribution >= 0.6 is 0 Å². The zero-order chi connectivity index (χ0) is 5.82. The average Bonchev–Trinajstić information content (AvgIpc) is 1.90. The third-order valence-electron chi connectivity index (χ3n) is 1.13. The van der Waals surface area contributed by atoms with Gasteiger partial charge in [0.1, 0.15) is 5.69 Å². The molecule has 0 atom stereocenters. The number of rotatable bonds is 1. The maximum atomic E-state index is 2.08. The molecule has 1 nitrogen and oxygen atoms in total. The molecule has 0 heterocycles. The van der Waals surface area contributed by atoms with Gasteiger partial charge in [-0.1, -0.05) is 18.2 Å². The van der Waals surface area contributed by atoms with E-state index in [1.54, 1.807) is 0 Å². The molecule has 0 bridgehead atoms. The third kappa shape index (κ3) is 3.83. The Hall–Kier alpha value is 1.23. The second-order valence-electron chi connectivity index (χ2n) is 1.70. The zero-order valence-electron chi connectivity index (χ0n) is 5.96. The van der Waals surface area contributed by atoms with E-state index in [1.165, 1.54) is 5.69 Å². The summed E-state index contributed by atoms with van der Waals surface area (Å²) in [5, 5.41) is 2.08. The molecule has 2 heteroatoms. The van der Waals surface area contributed by atoms with Crippen molar-refractivity contribution in [1.29, 1.82) is 0 Å². The van der Waals surface area contributed by atoms with Crippen LogP contribution in [-0.4, -0.2) is 7.05 Å². The molecule has 0 aliphatic carbocycles. The standard InChI is InChI=1S/C7H9N.Cs/c1-8-7-5-3-2-4-6-7;/h2-6,8H,1H3;/q;+1/p+1. The molecule has 0 spiro atoms. The Morgan fingerprint density at radius 1 is 1.11 bits per heavy atom. The molecular weight excluding hydrogens is 231 g/mol. The van der Waals surface area contributed by atoms with Gasteiger partial charge in [-0.25, -0.2) is 0 Å². The van der Waals surface area contributed by atoms with E-state index in [9.17, 15) is 0 Å². The predicted molar refractivity (Wildman–Crippen MR) is 34.0 cm³/mol. The fraction of sp³-hybridized carbons (Fsp3) is 0.143. The van der Waals surface area contributed by atoms with Gasteiger partial charge in [0.05, 0.1) is 7.05 Å². The first-order valence-corrected chi connectivity index (χ1v) is 2.78. The maximum absolute atomic E-state index is 2.08. The van der Waals surface area contributed by atoms with Crippen molar-refractivity contribution in [1.82, 2.24) is 0 Å². The Morgan fingerprint density at radius 3 is 2.00 bits per heavy atom. The monoisotopic (exact) mass is 241 g/mol. The van der Waals surface area contributed by atoms with Gasteiger partial charge in [0.25, 0.3) is 0 Å². The topological polar surface area (TPSA) is 16.6 Å². The largest absolute Gasteiger partial charge is 1.00 e. The van der Waals surface area contributed by atoms with Gasteiger partial charge in [-0.05, 0) is 12.1 Å². The molecule has 0 aromatic heterocycles. The number of quaternary nitrogens is 1. The van der Waals surface area contributed by atoms with Gasteiger partial charge in [-0.15, -0.1) is 0 Å². The van der Waals surface area contributed by atoms with Gasteiger partial charge in [0, 0.05) is 0 Å². The smallest absolute Gasteiger partial charge is 0.316 e. The number of para-hydroxylation sites is 1. The van der Waals surface area contributed by atoms with Crippen LogP contribution in [0.4, 0.5) is 5.69 Å². The Morgan fingerprint density at radius 2 is 1.67 bits per heavy atom. The summed E-state index contributed by atoms with van der Waals surface area (Å²) in [7, 11) is 2.04. The van der Waals surface area contributed by atoms with Crippen LogP contribution in [0.5, 0.6) is 0 Å². The Bertz CT molecular complexity index is 150. The van der Waals surface area contributed by atoms with Gasteiger partial charge in [-0.3, -0.25) is 0 Å². The van der Waals surface area contributed by atoms with Crippen LogP contribution in [0.15, 0.2) is 30.3 Å². The van der Waals surface area contributed by atoms with Crippen molar-refractivity contribution in [3.8, 4) is 0 Å². The minimum absolute atomic E-state index is 0. The van der Waals surface area contributed by atoms with E-state index < -0.39 is 0 Å². The molecule has 2 N–H and O–H groups in total. The fourth-order valence-corrected chi connectivity index (χ4v) is 0.645. The van der Waals surface area contributed by atoms with Gasteiger partial charge < -0.3 is 5.32 Å². The second kappa shape index (κ2) is 5.98.